The van der Waals surface area contributed by atoms with E-state index >= 15 is 0 Å². The van der Waals surface area contributed by atoms with E-state index in [4.69, 9.17) is 4.74 Å². The summed E-state index contributed by atoms with van der Waals surface area (Å²) in [5, 5.41) is 2.68. The molecule has 3 aromatic rings. The fraction of sp³-hybridized carbons (Fsp3) is 0.200. The number of anilines is 2. The lowest BCUT2D eigenvalue weighted by atomic mass is 10.1. The van der Waals surface area contributed by atoms with Gasteiger partial charge in [-0.05, 0) is 74.7 Å². The zero-order chi connectivity index (χ0) is 24.2. The van der Waals surface area contributed by atoms with Gasteiger partial charge in [0.2, 0.25) is 0 Å². The molecule has 1 amide bonds. The molecule has 0 aromatic heterocycles. The van der Waals surface area contributed by atoms with Gasteiger partial charge in [0, 0.05) is 5.56 Å². The van der Waals surface area contributed by atoms with E-state index in [1.165, 1.54) is 12.1 Å². The molecule has 7 nitrogen and oxygen atoms in total. The Balaban J connectivity index is 1.91. The van der Waals surface area contributed by atoms with Gasteiger partial charge in [-0.3, -0.25) is 9.52 Å². The molecule has 33 heavy (non-hydrogen) atoms. The van der Waals surface area contributed by atoms with Crippen LogP contribution in [0.1, 0.15) is 44.3 Å². The van der Waals surface area contributed by atoms with Gasteiger partial charge in [0.25, 0.3) is 15.9 Å². The lowest BCUT2D eigenvalue weighted by Crippen LogP contribution is -2.18. The Kier molecular flexibility index (Phi) is 7.18. The Bertz CT molecular complexity index is 1320. The Morgan fingerprint density at radius 1 is 0.879 bits per heavy atom. The van der Waals surface area contributed by atoms with Crippen molar-refractivity contribution in [3.05, 3.63) is 88.5 Å². The highest BCUT2D eigenvalue weighted by Gasteiger charge is 2.21. The first-order valence-corrected chi connectivity index (χ1v) is 11.9. The number of carbonyl (C=O) groups is 2. The molecule has 0 aliphatic rings. The Morgan fingerprint density at radius 2 is 1.58 bits per heavy atom. The van der Waals surface area contributed by atoms with Crippen LogP contribution in [0.3, 0.4) is 0 Å². The summed E-state index contributed by atoms with van der Waals surface area (Å²) < 4.78 is 33.9. The molecule has 0 fully saturated rings. The standard InChI is InChI=1S/C25H26N2O5S/c1-5-32-25(29)20-8-6-7-9-21(20)26-24(28)19-13-12-18(4)23(15-19)33(30,31)27-22-14-16(2)10-11-17(22)3/h6-15,27H,5H2,1-4H3,(H,26,28). The topological polar surface area (TPSA) is 102 Å². The Hall–Kier alpha value is -3.65. The molecule has 0 atom stereocenters. The minimum atomic E-state index is -3.95. The van der Waals surface area contributed by atoms with Crippen molar-refractivity contribution >= 4 is 33.3 Å². The third-order valence-corrected chi connectivity index (χ3v) is 6.56. The van der Waals surface area contributed by atoms with Gasteiger partial charge in [0.15, 0.2) is 0 Å². The molecule has 0 unspecified atom stereocenters. The number of sulfonamides is 1. The number of carbonyl (C=O) groups excluding carboxylic acids is 2. The number of esters is 1. The summed E-state index contributed by atoms with van der Waals surface area (Å²) in [6, 6.07) is 16.4. The molecule has 2 N–H and O–H groups in total. The van der Waals surface area contributed by atoms with Crippen molar-refractivity contribution in [3.63, 3.8) is 0 Å². The fourth-order valence-electron chi connectivity index (χ4n) is 3.25. The van der Waals surface area contributed by atoms with E-state index in [-0.39, 0.29) is 28.3 Å². The molecule has 0 bridgehead atoms. The first-order chi connectivity index (χ1) is 15.6. The van der Waals surface area contributed by atoms with Crippen LogP contribution in [-0.4, -0.2) is 26.9 Å². The molecule has 0 spiro atoms. The van der Waals surface area contributed by atoms with E-state index in [0.717, 1.165) is 11.1 Å². The third-order valence-electron chi connectivity index (χ3n) is 5.05. The first kappa shape index (κ1) is 24.0. The second kappa shape index (κ2) is 9.87. The van der Waals surface area contributed by atoms with E-state index in [2.05, 4.69) is 10.0 Å². The number of aryl methyl sites for hydroxylation is 3. The summed E-state index contributed by atoms with van der Waals surface area (Å²) >= 11 is 0. The highest BCUT2D eigenvalue weighted by atomic mass is 32.2. The van der Waals surface area contributed by atoms with Crippen molar-refractivity contribution in [2.75, 3.05) is 16.6 Å². The predicted octanol–water partition coefficient (Wildman–Crippen LogP) is 4.84. The van der Waals surface area contributed by atoms with Crippen LogP contribution in [0.15, 0.2) is 65.6 Å². The fourth-order valence-corrected chi connectivity index (χ4v) is 4.64. The van der Waals surface area contributed by atoms with Crippen LogP contribution in [0.2, 0.25) is 0 Å². The van der Waals surface area contributed by atoms with Crippen LogP contribution in [0.25, 0.3) is 0 Å². The maximum atomic E-state index is 13.1. The average molecular weight is 467 g/mol. The van der Waals surface area contributed by atoms with Gasteiger partial charge < -0.3 is 10.1 Å². The molecule has 0 saturated carbocycles. The molecular weight excluding hydrogens is 440 g/mol. The van der Waals surface area contributed by atoms with Crippen molar-refractivity contribution in [1.29, 1.82) is 0 Å². The van der Waals surface area contributed by atoms with E-state index < -0.39 is 21.9 Å². The minimum absolute atomic E-state index is 0.00488. The van der Waals surface area contributed by atoms with Crippen molar-refractivity contribution in [2.24, 2.45) is 0 Å². The molecule has 0 aliphatic heterocycles. The van der Waals surface area contributed by atoms with Crippen LogP contribution in [-0.2, 0) is 14.8 Å². The molecule has 0 radical (unpaired) electrons. The number of hydrogen-bond acceptors (Lipinski definition) is 5. The first-order valence-electron chi connectivity index (χ1n) is 10.4. The zero-order valence-corrected chi connectivity index (χ0v) is 19.7. The number of ether oxygens (including phenoxy) is 1. The molecule has 3 rings (SSSR count). The SMILES string of the molecule is CCOC(=O)c1ccccc1NC(=O)c1ccc(C)c(S(=O)(=O)Nc2cc(C)ccc2C)c1. The second-order valence-electron chi connectivity index (χ2n) is 7.62. The average Bonchev–Trinajstić information content (AvgIpc) is 2.76. The number of hydrogen-bond donors (Lipinski definition) is 2. The molecule has 0 saturated heterocycles. The normalized spacial score (nSPS) is 11.0. The number of rotatable bonds is 7. The highest BCUT2D eigenvalue weighted by molar-refractivity contribution is 7.92. The Morgan fingerprint density at radius 3 is 2.30 bits per heavy atom. The summed E-state index contributed by atoms with van der Waals surface area (Å²) in [6.07, 6.45) is 0. The monoisotopic (exact) mass is 466 g/mol. The van der Waals surface area contributed by atoms with E-state index in [9.17, 15) is 18.0 Å². The van der Waals surface area contributed by atoms with Crippen molar-refractivity contribution < 1.29 is 22.7 Å². The van der Waals surface area contributed by atoms with Crippen molar-refractivity contribution in [1.82, 2.24) is 0 Å². The van der Waals surface area contributed by atoms with Gasteiger partial charge >= 0.3 is 5.97 Å². The molecule has 0 aliphatic carbocycles. The maximum Gasteiger partial charge on any atom is 0.340 e. The van der Waals surface area contributed by atoms with Gasteiger partial charge in [-0.2, -0.15) is 0 Å². The molecule has 172 valence electrons. The van der Waals surface area contributed by atoms with Crippen molar-refractivity contribution in [3.8, 4) is 0 Å². The molecule has 8 heteroatoms. The molecular formula is C25H26N2O5S. The molecule has 3 aromatic carbocycles. The summed E-state index contributed by atoms with van der Waals surface area (Å²) in [7, 11) is -3.95. The van der Waals surface area contributed by atoms with E-state index in [0.29, 0.717) is 11.3 Å². The highest BCUT2D eigenvalue weighted by Crippen LogP contribution is 2.25. The lowest BCUT2D eigenvalue weighted by Gasteiger charge is -2.15. The number of para-hydroxylation sites is 1. The summed E-state index contributed by atoms with van der Waals surface area (Å²) in [5.41, 5.74) is 3.31. The van der Waals surface area contributed by atoms with Crippen LogP contribution >= 0.6 is 0 Å². The quantitative estimate of drug-likeness (QED) is 0.485. The van der Waals surface area contributed by atoms with Crippen molar-refractivity contribution in [2.45, 2.75) is 32.6 Å². The number of nitrogens with one attached hydrogen (secondary N) is 2. The van der Waals surface area contributed by atoms with Crippen LogP contribution in [0, 0.1) is 20.8 Å². The van der Waals surface area contributed by atoms with Gasteiger partial charge in [-0.1, -0.05) is 30.3 Å². The summed E-state index contributed by atoms with van der Waals surface area (Å²) in [5.74, 6) is -1.10. The van der Waals surface area contributed by atoms with Gasteiger partial charge in [-0.25, -0.2) is 13.2 Å². The van der Waals surface area contributed by atoms with Gasteiger partial charge in [0.1, 0.15) is 0 Å². The second-order valence-corrected chi connectivity index (χ2v) is 9.28. The predicted molar refractivity (Wildman–Crippen MR) is 128 cm³/mol. The smallest absolute Gasteiger partial charge is 0.340 e. The molecule has 0 heterocycles. The van der Waals surface area contributed by atoms with E-state index in [1.807, 2.05) is 26.0 Å². The largest absolute Gasteiger partial charge is 0.462 e. The van der Waals surface area contributed by atoms with Gasteiger partial charge in [0.05, 0.1) is 28.4 Å². The van der Waals surface area contributed by atoms with Crippen LogP contribution < -0.4 is 10.0 Å². The third kappa shape index (κ3) is 5.59. The Labute approximate surface area is 193 Å². The summed E-state index contributed by atoms with van der Waals surface area (Å²) in [6.45, 7) is 7.25. The number of amides is 1. The van der Waals surface area contributed by atoms with Crippen LogP contribution in [0.5, 0.6) is 0 Å². The van der Waals surface area contributed by atoms with E-state index in [1.54, 1.807) is 50.2 Å². The lowest BCUT2D eigenvalue weighted by molar-refractivity contribution is 0.0527. The van der Waals surface area contributed by atoms with Crippen LogP contribution in [0.4, 0.5) is 11.4 Å². The summed E-state index contributed by atoms with van der Waals surface area (Å²) in [4.78, 5) is 25.1. The zero-order valence-electron chi connectivity index (χ0n) is 18.9. The van der Waals surface area contributed by atoms with Gasteiger partial charge in [-0.15, -0.1) is 0 Å². The number of benzene rings is 3. The minimum Gasteiger partial charge on any atom is -0.462 e. The maximum absolute atomic E-state index is 13.1.